The molecule has 3 rings (SSSR count). The second-order valence-electron chi connectivity index (χ2n) is 5.89. The van der Waals surface area contributed by atoms with E-state index in [9.17, 15) is 14.9 Å². The number of methoxy groups -OCH3 is 1. The van der Waals surface area contributed by atoms with Crippen LogP contribution in [-0.4, -0.2) is 45.6 Å². The van der Waals surface area contributed by atoms with E-state index in [-0.39, 0.29) is 17.3 Å². The Labute approximate surface area is 170 Å². The van der Waals surface area contributed by atoms with Crippen molar-refractivity contribution < 1.29 is 14.5 Å². The Balaban J connectivity index is 1.69. The molecule has 11 heteroatoms. The van der Waals surface area contributed by atoms with Gasteiger partial charge in [0.25, 0.3) is 5.69 Å². The third-order valence-electron chi connectivity index (χ3n) is 4.16. The Kier molecular flexibility index (Phi) is 5.98. The molecule has 0 saturated carbocycles. The average molecular weight is 414 g/mol. The maximum Gasteiger partial charge on any atom is 0.269 e. The lowest BCUT2D eigenvalue weighted by molar-refractivity contribution is -0.384. The normalized spacial score (nSPS) is 10.6. The molecule has 0 radical (unpaired) electrons. The molecule has 150 valence electrons. The number of nitro benzene ring substituents is 1. The van der Waals surface area contributed by atoms with E-state index in [1.165, 1.54) is 33.8 Å². The summed E-state index contributed by atoms with van der Waals surface area (Å²) < 4.78 is 6.63. The number of ether oxygens (including phenoxy) is 1. The van der Waals surface area contributed by atoms with Gasteiger partial charge in [0, 0.05) is 24.9 Å². The maximum atomic E-state index is 12.5. The number of carbonyl (C=O) groups excluding carboxylic acids is 1. The van der Waals surface area contributed by atoms with E-state index in [0.29, 0.717) is 28.0 Å². The van der Waals surface area contributed by atoms with Gasteiger partial charge in [-0.15, -0.1) is 10.2 Å². The predicted molar refractivity (Wildman–Crippen MR) is 109 cm³/mol. The van der Waals surface area contributed by atoms with Crippen LogP contribution in [-0.2, 0) is 4.79 Å². The number of anilines is 1. The van der Waals surface area contributed by atoms with Crippen molar-refractivity contribution >= 4 is 29.0 Å². The van der Waals surface area contributed by atoms with Crippen LogP contribution in [0.1, 0.15) is 0 Å². The smallest absolute Gasteiger partial charge is 0.269 e. The van der Waals surface area contributed by atoms with Crippen molar-refractivity contribution in [3.8, 4) is 17.1 Å². The van der Waals surface area contributed by atoms with E-state index in [0.717, 1.165) is 11.8 Å². The number of aromatic nitrogens is 3. The number of nitrogen functional groups attached to an aromatic ring is 1. The van der Waals surface area contributed by atoms with Crippen LogP contribution in [0.25, 0.3) is 11.4 Å². The van der Waals surface area contributed by atoms with Crippen molar-refractivity contribution in [1.82, 2.24) is 14.9 Å². The maximum absolute atomic E-state index is 12.5. The molecule has 0 spiro atoms. The van der Waals surface area contributed by atoms with Gasteiger partial charge in [-0.3, -0.25) is 14.9 Å². The highest BCUT2D eigenvalue weighted by molar-refractivity contribution is 7.99. The number of nitrogens with two attached hydrogens (primary N) is 1. The van der Waals surface area contributed by atoms with E-state index in [4.69, 9.17) is 10.6 Å². The fourth-order valence-corrected chi connectivity index (χ4v) is 3.32. The minimum atomic E-state index is -0.491. The fourth-order valence-electron chi connectivity index (χ4n) is 2.55. The van der Waals surface area contributed by atoms with Crippen LogP contribution in [0.2, 0.25) is 0 Å². The third kappa shape index (κ3) is 4.29. The average Bonchev–Trinajstić information content (AvgIpc) is 3.11. The molecule has 0 aliphatic rings. The number of nitro groups is 1. The highest BCUT2D eigenvalue weighted by Gasteiger charge is 2.18. The zero-order chi connectivity index (χ0) is 21.0. The summed E-state index contributed by atoms with van der Waals surface area (Å²) in [6.45, 7) is 0. The van der Waals surface area contributed by atoms with Crippen molar-refractivity contribution in [2.75, 3.05) is 30.7 Å². The lowest BCUT2D eigenvalue weighted by Gasteiger charge is -2.16. The summed E-state index contributed by atoms with van der Waals surface area (Å²) in [5, 5.41) is 19.3. The molecular weight excluding hydrogens is 396 g/mol. The number of non-ortho nitro benzene ring substituents is 1. The molecule has 1 heterocycles. The van der Waals surface area contributed by atoms with Crippen LogP contribution in [0.15, 0.2) is 53.7 Å². The van der Waals surface area contributed by atoms with Gasteiger partial charge in [0.2, 0.25) is 11.1 Å². The topological polar surface area (TPSA) is 129 Å². The highest BCUT2D eigenvalue weighted by atomic mass is 32.2. The number of para-hydroxylation sites is 1. The van der Waals surface area contributed by atoms with Gasteiger partial charge < -0.3 is 15.5 Å². The Hall–Kier alpha value is -3.60. The number of nitrogens with zero attached hydrogens (tertiary/aromatic N) is 5. The van der Waals surface area contributed by atoms with Gasteiger partial charge in [-0.05, 0) is 24.3 Å². The molecular formula is C18H18N6O4S. The molecule has 0 bridgehead atoms. The van der Waals surface area contributed by atoms with Gasteiger partial charge in [-0.2, -0.15) is 0 Å². The second-order valence-corrected chi connectivity index (χ2v) is 6.83. The summed E-state index contributed by atoms with van der Waals surface area (Å²) >= 11 is 1.14. The van der Waals surface area contributed by atoms with Gasteiger partial charge >= 0.3 is 0 Å². The molecule has 3 aromatic rings. The summed E-state index contributed by atoms with van der Waals surface area (Å²) in [5.74, 6) is 6.98. The van der Waals surface area contributed by atoms with Gasteiger partial charge in [0.1, 0.15) is 5.75 Å². The van der Waals surface area contributed by atoms with E-state index in [1.54, 1.807) is 20.2 Å². The monoisotopic (exact) mass is 414 g/mol. The Morgan fingerprint density at radius 3 is 2.59 bits per heavy atom. The van der Waals surface area contributed by atoms with Crippen LogP contribution in [0.4, 0.5) is 11.4 Å². The van der Waals surface area contributed by atoms with E-state index >= 15 is 0 Å². The molecule has 29 heavy (non-hydrogen) atoms. The van der Waals surface area contributed by atoms with Crippen molar-refractivity contribution in [3.63, 3.8) is 0 Å². The van der Waals surface area contributed by atoms with E-state index < -0.39 is 4.92 Å². The first-order valence-corrected chi connectivity index (χ1v) is 9.38. The molecule has 0 unspecified atom stereocenters. The zero-order valence-electron chi connectivity index (χ0n) is 15.7. The molecule has 2 N–H and O–H groups in total. The molecule has 0 aliphatic heterocycles. The van der Waals surface area contributed by atoms with Crippen molar-refractivity contribution in [2.24, 2.45) is 0 Å². The van der Waals surface area contributed by atoms with Gasteiger partial charge in [-0.1, -0.05) is 23.9 Å². The first kappa shape index (κ1) is 20.1. The second kappa shape index (κ2) is 8.61. The molecule has 0 fully saturated rings. The molecule has 10 nitrogen and oxygen atoms in total. The molecule has 1 aromatic heterocycles. The summed E-state index contributed by atoms with van der Waals surface area (Å²) in [6, 6.07) is 13.0. The Morgan fingerprint density at radius 2 is 1.93 bits per heavy atom. The summed E-state index contributed by atoms with van der Waals surface area (Å²) in [4.78, 5) is 24.1. The van der Waals surface area contributed by atoms with E-state index in [2.05, 4.69) is 10.2 Å². The van der Waals surface area contributed by atoms with Crippen LogP contribution < -0.4 is 15.5 Å². The SMILES string of the molecule is COc1ccccc1-c1nnc(SCC(=O)N(C)c2ccc([N+](=O)[O-])cc2)n1N. The fraction of sp³-hybridized carbons (Fsp3) is 0.167. The number of rotatable bonds is 7. The number of carbonyl (C=O) groups is 1. The van der Waals surface area contributed by atoms with Crippen LogP contribution in [0, 0.1) is 10.1 Å². The number of amides is 1. The predicted octanol–water partition coefficient (Wildman–Crippen LogP) is 2.33. The quantitative estimate of drug-likeness (QED) is 0.270. The molecule has 2 aromatic carbocycles. The number of hydrogen-bond acceptors (Lipinski definition) is 8. The first-order valence-electron chi connectivity index (χ1n) is 8.40. The first-order chi connectivity index (χ1) is 13.9. The molecule has 1 amide bonds. The largest absolute Gasteiger partial charge is 0.496 e. The summed E-state index contributed by atoms with van der Waals surface area (Å²) in [5.41, 5.74) is 1.19. The van der Waals surface area contributed by atoms with Crippen molar-refractivity contribution in [2.45, 2.75) is 5.16 Å². The van der Waals surface area contributed by atoms with Crippen molar-refractivity contribution in [3.05, 3.63) is 58.6 Å². The Bertz CT molecular complexity index is 1040. The van der Waals surface area contributed by atoms with Gasteiger partial charge in [0.05, 0.1) is 23.3 Å². The van der Waals surface area contributed by atoms with E-state index in [1.807, 2.05) is 18.2 Å². The number of benzene rings is 2. The summed E-state index contributed by atoms with van der Waals surface area (Å²) in [6.07, 6.45) is 0. The lowest BCUT2D eigenvalue weighted by atomic mass is 10.2. The third-order valence-corrected chi connectivity index (χ3v) is 5.09. The Morgan fingerprint density at radius 1 is 1.24 bits per heavy atom. The molecule has 0 atom stereocenters. The van der Waals surface area contributed by atoms with Crippen molar-refractivity contribution in [1.29, 1.82) is 0 Å². The minimum absolute atomic E-state index is 0.0379. The molecule has 0 saturated heterocycles. The number of hydrogen-bond donors (Lipinski definition) is 1. The summed E-state index contributed by atoms with van der Waals surface area (Å²) in [7, 11) is 3.15. The highest BCUT2D eigenvalue weighted by Crippen LogP contribution is 2.29. The molecule has 0 aliphatic carbocycles. The van der Waals surface area contributed by atoms with Crippen LogP contribution in [0.3, 0.4) is 0 Å². The minimum Gasteiger partial charge on any atom is -0.496 e. The zero-order valence-corrected chi connectivity index (χ0v) is 16.5. The lowest BCUT2D eigenvalue weighted by Crippen LogP contribution is -2.28. The van der Waals surface area contributed by atoms with Crippen LogP contribution in [0.5, 0.6) is 5.75 Å². The van der Waals surface area contributed by atoms with Crippen LogP contribution >= 0.6 is 11.8 Å². The number of thioether (sulfide) groups is 1. The van der Waals surface area contributed by atoms with Gasteiger partial charge in [0.15, 0.2) is 5.82 Å². The van der Waals surface area contributed by atoms with Gasteiger partial charge in [-0.25, -0.2) is 4.68 Å². The standard InChI is InChI=1S/C18H18N6O4S/c1-22(12-7-9-13(10-8-12)24(26)27)16(25)11-29-18-21-20-17(23(18)19)14-5-3-4-6-15(14)28-2/h3-10H,11,19H2,1-2H3.